The Morgan fingerprint density at radius 2 is 1.62 bits per heavy atom. The Labute approximate surface area is 198 Å². The zero-order valence-corrected chi connectivity index (χ0v) is 19.7. The van der Waals surface area contributed by atoms with E-state index < -0.39 is 5.97 Å². The van der Waals surface area contributed by atoms with Crippen molar-refractivity contribution >= 4 is 34.1 Å². The van der Waals surface area contributed by atoms with Crippen molar-refractivity contribution in [2.45, 2.75) is 18.8 Å². The second-order valence-corrected chi connectivity index (χ2v) is 8.64. The van der Waals surface area contributed by atoms with Gasteiger partial charge < -0.3 is 29.7 Å². The normalized spacial score (nSPS) is 16.0. The Balaban J connectivity index is 1.43. The third-order valence-corrected chi connectivity index (χ3v) is 6.51. The Morgan fingerprint density at radius 3 is 2.24 bits per heavy atom. The summed E-state index contributed by atoms with van der Waals surface area (Å²) in [6, 6.07) is 9.22. The predicted molar refractivity (Wildman–Crippen MR) is 131 cm³/mol. The highest BCUT2D eigenvalue weighted by Gasteiger charge is 2.30. The van der Waals surface area contributed by atoms with Crippen molar-refractivity contribution in [3.63, 3.8) is 0 Å². The second-order valence-electron chi connectivity index (χ2n) is 8.64. The molecule has 1 aliphatic heterocycles. The van der Waals surface area contributed by atoms with Crippen LogP contribution in [0.15, 0.2) is 30.3 Å². The molecule has 0 amide bonds. The summed E-state index contributed by atoms with van der Waals surface area (Å²) in [6.45, 7) is 3.12. The molecule has 5 rings (SSSR count). The van der Waals surface area contributed by atoms with Crippen LogP contribution in [0.2, 0.25) is 0 Å². The minimum absolute atomic E-state index is 0.391. The van der Waals surface area contributed by atoms with Crippen molar-refractivity contribution in [3.05, 3.63) is 41.7 Å². The van der Waals surface area contributed by atoms with E-state index in [2.05, 4.69) is 9.80 Å². The standard InChI is InChI=1S/C25H29N5O4/c1-32-21-13-17-19(14-22(21)33-2)27-23(15-4-5-15)28-24(17)30-10-8-29(9-11-30)20-7-6-16(12-18(20)26)25(31)34-3/h6-7,12-15H,4-5,8-11,26H2,1-3H3. The molecule has 1 aliphatic carbocycles. The lowest BCUT2D eigenvalue weighted by molar-refractivity contribution is 0.0601. The number of nitrogen functional groups attached to an aromatic ring is 1. The molecule has 1 saturated carbocycles. The smallest absolute Gasteiger partial charge is 0.337 e. The molecule has 34 heavy (non-hydrogen) atoms. The van der Waals surface area contributed by atoms with Crippen molar-refractivity contribution in [2.24, 2.45) is 0 Å². The number of carbonyl (C=O) groups excluding carboxylic acids is 1. The van der Waals surface area contributed by atoms with Gasteiger partial charge in [0.15, 0.2) is 11.5 Å². The maximum Gasteiger partial charge on any atom is 0.337 e. The number of piperazine rings is 1. The third-order valence-electron chi connectivity index (χ3n) is 6.51. The number of esters is 1. The van der Waals surface area contributed by atoms with Crippen molar-refractivity contribution < 1.29 is 19.0 Å². The van der Waals surface area contributed by atoms with Crippen LogP contribution in [0.4, 0.5) is 17.2 Å². The van der Waals surface area contributed by atoms with Gasteiger partial charge in [-0.25, -0.2) is 14.8 Å². The van der Waals surface area contributed by atoms with Crippen LogP contribution in [0.25, 0.3) is 10.9 Å². The monoisotopic (exact) mass is 463 g/mol. The molecule has 9 heteroatoms. The number of aromatic nitrogens is 2. The average molecular weight is 464 g/mol. The number of ether oxygens (including phenoxy) is 3. The van der Waals surface area contributed by atoms with Crippen LogP contribution in [0.1, 0.15) is 34.9 Å². The van der Waals surface area contributed by atoms with Crippen LogP contribution < -0.4 is 25.0 Å². The summed E-state index contributed by atoms with van der Waals surface area (Å²) >= 11 is 0. The number of nitrogens with two attached hydrogens (primary N) is 1. The topological polar surface area (TPSA) is 103 Å². The lowest BCUT2D eigenvalue weighted by atomic mass is 10.1. The highest BCUT2D eigenvalue weighted by molar-refractivity contribution is 5.93. The number of hydrogen-bond donors (Lipinski definition) is 1. The molecule has 1 saturated heterocycles. The highest BCUT2D eigenvalue weighted by atomic mass is 16.5. The predicted octanol–water partition coefficient (Wildman–Crippen LogP) is 3.22. The van der Waals surface area contributed by atoms with E-state index in [0.717, 1.165) is 67.3 Å². The molecule has 0 radical (unpaired) electrons. The Bertz CT molecular complexity index is 1240. The van der Waals surface area contributed by atoms with Crippen molar-refractivity contribution in [1.82, 2.24) is 9.97 Å². The SMILES string of the molecule is COC(=O)c1ccc(N2CCN(c3nc(C4CC4)nc4cc(OC)c(OC)cc34)CC2)c(N)c1. The van der Waals surface area contributed by atoms with Crippen LogP contribution in [-0.4, -0.2) is 63.4 Å². The number of fused-ring (bicyclic) bond motifs is 1. The summed E-state index contributed by atoms with van der Waals surface area (Å²) < 4.78 is 15.8. The maximum atomic E-state index is 11.8. The number of nitrogens with zero attached hydrogens (tertiary/aromatic N) is 4. The van der Waals surface area contributed by atoms with Gasteiger partial charge in [0.25, 0.3) is 0 Å². The Hall–Kier alpha value is -3.75. The van der Waals surface area contributed by atoms with E-state index in [1.54, 1.807) is 26.4 Å². The van der Waals surface area contributed by atoms with Crippen LogP contribution in [0.3, 0.4) is 0 Å². The molecule has 178 valence electrons. The highest BCUT2D eigenvalue weighted by Crippen LogP contribution is 2.42. The summed E-state index contributed by atoms with van der Waals surface area (Å²) in [7, 11) is 4.64. The molecule has 2 aromatic carbocycles. The molecule has 1 aromatic heterocycles. The van der Waals surface area contributed by atoms with Gasteiger partial charge in [0.1, 0.15) is 11.6 Å². The van der Waals surface area contributed by atoms with Gasteiger partial charge >= 0.3 is 5.97 Å². The minimum atomic E-state index is -0.391. The zero-order valence-electron chi connectivity index (χ0n) is 19.7. The van der Waals surface area contributed by atoms with Gasteiger partial charge in [-0.15, -0.1) is 0 Å². The fraction of sp³-hybridized carbons (Fsp3) is 0.400. The van der Waals surface area contributed by atoms with Crippen LogP contribution in [0.5, 0.6) is 11.5 Å². The summed E-state index contributed by atoms with van der Waals surface area (Å²) in [5.41, 5.74) is 9.08. The average Bonchev–Trinajstić information content (AvgIpc) is 3.72. The van der Waals surface area contributed by atoms with Gasteiger partial charge in [0, 0.05) is 43.5 Å². The Kier molecular flexibility index (Phi) is 5.77. The van der Waals surface area contributed by atoms with Gasteiger partial charge in [-0.05, 0) is 37.1 Å². The van der Waals surface area contributed by atoms with Gasteiger partial charge in [-0.3, -0.25) is 0 Å². The van der Waals surface area contributed by atoms with Crippen LogP contribution in [0, 0.1) is 0 Å². The summed E-state index contributed by atoms with van der Waals surface area (Å²) in [5, 5.41) is 0.956. The van der Waals surface area contributed by atoms with E-state index in [4.69, 9.17) is 29.9 Å². The number of anilines is 3. The molecular weight excluding hydrogens is 434 g/mol. The summed E-state index contributed by atoms with van der Waals surface area (Å²) in [5.74, 6) is 3.21. The summed E-state index contributed by atoms with van der Waals surface area (Å²) in [4.78, 5) is 26.2. The zero-order chi connectivity index (χ0) is 23.8. The van der Waals surface area contributed by atoms with Crippen molar-refractivity contribution in [2.75, 3.05) is 63.0 Å². The fourth-order valence-corrected chi connectivity index (χ4v) is 4.47. The molecular formula is C25H29N5O4. The van der Waals surface area contributed by atoms with Crippen LogP contribution in [-0.2, 0) is 4.74 Å². The maximum absolute atomic E-state index is 11.8. The number of hydrogen-bond acceptors (Lipinski definition) is 9. The first-order valence-corrected chi connectivity index (χ1v) is 11.4. The summed E-state index contributed by atoms with van der Waals surface area (Å²) in [6.07, 6.45) is 2.26. The number of methoxy groups -OCH3 is 3. The van der Waals surface area contributed by atoms with Gasteiger partial charge in [0.2, 0.25) is 0 Å². The minimum Gasteiger partial charge on any atom is -0.493 e. The van der Waals surface area contributed by atoms with E-state index in [1.165, 1.54) is 7.11 Å². The molecule has 3 aromatic rings. The fourth-order valence-electron chi connectivity index (χ4n) is 4.47. The molecule has 2 heterocycles. The third kappa shape index (κ3) is 4.02. The van der Waals surface area contributed by atoms with Gasteiger partial charge in [0.05, 0.1) is 43.8 Å². The van der Waals surface area contributed by atoms with Crippen molar-refractivity contribution in [3.8, 4) is 11.5 Å². The molecule has 0 spiro atoms. The van der Waals surface area contributed by atoms with Gasteiger partial charge in [-0.1, -0.05) is 0 Å². The molecule has 2 aliphatic rings. The lowest BCUT2D eigenvalue weighted by Crippen LogP contribution is -2.47. The largest absolute Gasteiger partial charge is 0.493 e. The lowest BCUT2D eigenvalue weighted by Gasteiger charge is -2.37. The van der Waals surface area contributed by atoms with Crippen molar-refractivity contribution in [1.29, 1.82) is 0 Å². The molecule has 0 unspecified atom stereocenters. The van der Waals surface area contributed by atoms with E-state index in [0.29, 0.717) is 28.7 Å². The first-order valence-electron chi connectivity index (χ1n) is 11.4. The van der Waals surface area contributed by atoms with E-state index in [1.807, 2.05) is 18.2 Å². The first-order chi connectivity index (χ1) is 16.5. The number of benzene rings is 2. The molecule has 2 N–H and O–H groups in total. The molecule has 2 fully saturated rings. The van der Waals surface area contributed by atoms with E-state index >= 15 is 0 Å². The Morgan fingerprint density at radius 1 is 0.941 bits per heavy atom. The first kappa shape index (κ1) is 22.1. The second kappa shape index (κ2) is 8.89. The molecule has 9 nitrogen and oxygen atoms in total. The molecule has 0 atom stereocenters. The van der Waals surface area contributed by atoms with E-state index in [-0.39, 0.29) is 0 Å². The van der Waals surface area contributed by atoms with E-state index in [9.17, 15) is 4.79 Å². The number of rotatable bonds is 6. The quantitative estimate of drug-likeness (QED) is 0.436. The number of carbonyl (C=O) groups is 1. The van der Waals surface area contributed by atoms with Crippen LogP contribution >= 0.6 is 0 Å². The van der Waals surface area contributed by atoms with Gasteiger partial charge in [-0.2, -0.15) is 0 Å². The molecule has 0 bridgehead atoms.